The van der Waals surface area contributed by atoms with Crippen LogP contribution < -0.4 is 5.32 Å². The summed E-state index contributed by atoms with van der Waals surface area (Å²) in [6.45, 7) is 9.53. The zero-order valence-corrected chi connectivity index (χ0v) is 13.3. The van der Waals surface area contributed by atoms with Gasteiger partial charge in [0.2, 0.25) is 0 Å². The number of rotatable bonds is 4. The van der Waals surface area contributed by atoms with E-state index in [4.69, 9.17) is 0 Å². The van der Waals surface area contributed by atoms with Crippen molar-refractivity contribution in [2.75, 3.05) is 6.54 Å². The van der Waals surface area contributed by atoms with Gasteiger partial charge in [0.1, 0.15) is 0 Å². The van der Waals surface area contributed by atoms with Crippen LogP contribution in [-0.4, -0.2) is 6.54 Å². The van der Waals surface area contributed by atoms with E-state index in [1.54, 1.807) is 11.3 Å². The Hall–Kier alpha value is -0.300. The van der Waals surface area contributed by atoms with Crippen LogP contribution >= 0.6 is 27.3 Å². The highest BCUT2D eigenvalue weighted by Crippen LogP contribution is 2.26. The van der Waals surface area contributed by atoms with Crippen LogP contribution in [0, 0.1) is 17.3 Å². The van der Waals surface area contributed by atoms with Gasteiger partial charge < -0.3 is 5.32 Å². The molecule has 3 heteroatoms. The third kappa shape index (κ3) is 5.72. The van der Waals surface area contributed by atoms with Crippen LogP contribution in [0.2, 0.25) is 0 Å². The predicted octanol–water partition coefficient (Wildman–Crippen LogP) is 4.60. The Kier molecular flexibility index (Phi) is 5.72. The molecule has 0 aliphatic rings. The molecule has 17 heavy (non-hydrogen) atoms. The fourth-order valence-electron chi connectivity index (χ4n) is 1.48. The molecule has 1 nitrogen and oxygen atoms in total. The Morgan fingerprint density at radius 2 is 2.18 bits per heavy atom. The fourth-order valence-corrected chi connectivity index (χ4v) is 2.71. The number of hydrogen-bond acceptors (Lipinski definition) is 2. The van der Waals surface area contributed by atoms with Crippen LogP contribution in [0.3, 0.4) is 0 Å². The molecule has 0 bridgehead atoms. The van der Waals surface area contributed by atoms with Crippen LogP contribution in [0.4, 0.5) is 0 Å². The minimum atomic E-state index is 0.0893. The standard InChI is InChI=1S/C14H20BrNS/c1-5-16-12(7-6-8-14(2,3)4)11-9-13(15)17-10-11/h9-10,12,16H,5,7H2,1-4H3. The van der Waals surface area contributed by atoms with E-state index in [2.05, 4.69) is 72.2 Å². The molecule has 1 N–H and O–H groups in total. The van der Waals surface area contributed by atoms with E-state index in [1.807, 2.05) is 0 Å². The lowest BCUT2D eigenvalue weighted by atomic mass is 9.97. The highest BCUT2D eigenvalue weighted by molar-refractivity contribution is 9.11. The first-order chi connectivity index (χ1) is 7.92. The van der Waals surface area contributed by atoms with E-state index in [1.165, 1.54) is 9.35 Å². The van der Waals surface area contributed by atoms with Crippen LogP contribution in [-0.2, 0) is 0 Å². The molecule has 0 aromatic carbocycles. The van der Waals surface area contributed by atoms with Crippen molar-refractivity contribution < 1.29 is 0 Å². The van der Waals surface area contributed by atoms with Gasteiger partial charge in [0.15, 0.2) is 0 Å². The van der Waals surface area contributed by atoms with Gasteiger partial charge in [0.25, 0.3) is 0 Å². The van der Waals surface area contributed by atoms with E-state index in [9.17, 15) is 0 Å². The normalized spacial score (nSPS) is 13.0. The van der Waals surface area contributed by atoms with Crippen molar-refractivity contribution >= 4 is 27.3 Å². The second kappa shape index (κ2) is 6.58. The first-order valence-corrected chi connectivity index (χ1v) is 7.57. The molecule has 0 amide bonds. The maximum absolute atomic E-state index is 3.51. The van der Waals surface area contributed by atoms with Crippen LogP contribution in [0.1, 0.15) is 45.7 Å². The second-order valence-electron chi connectivity index (χ2n) is 5.05. The molecule has 0 saturated carbocycles. The van der Waals surface area contributed by atoms with Crippen LogP contribution in [0.25, 0.3) is 0 Å². The van der Waals surface area contributed by atoms with Crippen molar-refractivity contribution in [1.82, 2.24) is 5.32 Å². The molecule has 1 aromatic rings. The van der Waals surface area contributed by atoms with Gasteiger partial charge in [0.05, 0.1) is 3.79 Å². The largest absolute Gasteiger partial charge is 0.309 e. The summed E-state index contributed by atoms with van der Waals surface area (Å²) in [4.78, 5) is 0. The smallest absolute Gasteiger partial charge is 0.0701 e. The second-order valence-corrected chi connectivity index (χ2v) is 7.34. The van der Waals surface area contributed by atoms with E-state index in [0.29, 0.717) is 6.04 Å². The molecule has 0 aliphatic carbocycles. The molecule has 0 radical (unpaired) electrons. The molecule has 94 valence electrons. The lowest BCUT2D eigenvalue weighted by Gasteiger charge is -2.14. The van der Waals surface area contributed by atoms with Gasteiger partial charge in [0, 0.05) is 17.9 Å². The van der Waals surface area contributed by atoms with Crippen molar-refractivity contribution in [3.8, 4) is 11.8 Å². The Balaban J connectivity index is 2.70. The SMILES string of the molecule is CCNC(CC#CC(C)(C)C)c1csc(Br)c1. The number of halogens is 1. The van der Waals surface area contributed by atoms with Crippen molar-refractivity contribution in [2.24, 2.45) is 5.41 Å². The molecule has 1 unspecified atom stereocenters. The molecule has 0 fully saturated rings. The maximum atomic E-state index is 3.51. The average molecular weight is 314 g/mol. The van der Waals surface area contributed by atoms with Gasteiger partial charge in [-0.05, 0) is 60.3 Å². The van der Waals surface area contributed by atoms with Gasteiger partial charge in [-0.15, -0.1) is 17.3 Å². The van der Waals surface area contributed by atoms with E-state index in [0.717, 1.165) is 13.0 Å². The summed E-state index contributed by atoms with van der Waals surface area (Å²) in [6, 6.07) is 2.52. The molecule has 0 saturated heterocycles. The van der Waals surface area contributed by atoms with Gasteiger partial charge in [-0.1, -0.05) is 12.8 Å². The highest BCUT2D eigenvalue weighted by atomic mass is 79.9. The van der Waals surface area contributed by atoms with Crippen LogP contribution in [0.5, 0.6) is 0 Å². The van der Waals surface area contributed by atoms with Gasteiger partial charge >= 0.3 is 0 Å². The van der Waals surface area contributed by atoms with E-state index >= 15 is 0 Å². The average Bonchev–Trinajstić information content (AvgIpc) is 2.62. The fraction of sp³-hybridized carbons (Fsp3) is 0.571. The summed E-state index contributed by atoms with van der Waals surface area (Å²) in [5.41, 5.74) is 1.42. The third-order valence-electron chi connectivity index (χ3n) is 2.21. The quantitative estimate of drug-likeness (QED) is 0.801. The van der Waals surface area contributed by atoms with Crippen molar-refractivity contribution in [3.05, 3.63) is 20.8 Å². The third-order valence-corrected chi connectivity index (χ3v) is 3.73. The Bertz CT molecular complexity index is 406. The summed E-state index contributed by atoms with van der Waals surface area (Å²) in [5, 5.41) is 5.67. The van der Waals surface area contributed by atoms with Crippen molar-refractivity contribution in [2.45, 2.75) is 40.2 Å². The summed E-state index contributed by atoms with van der Waals surface area (Å²) in [6.07, 6.45) is 0.869. The maximum Gasteiger partial charge on any atom is 0.0701 e. The van der Waals surface area contributed by atoms with E-state index in [-0.39, 0.29) is 5.41 Å². The molecule has 0 spiro atoms. The van der Waals surface area contributed by atoms with Crippen molar-refractivity contribution in [3.63, 3.8) is 0 Å². The number of thiophene rings is 1. The van der Waals surface area contributed by atoms with Crippen LogP contribution in [0.15, 0.2) is 15.2 Å². The lowest BCUT2D eigenvalue weighted by molar-refractivity contribution is 0.555. The molecule has 1 heterocycles. The monoisotopic (exact) mass is 313 g/mol. The van der Waals surface area contributed by atoms with E-state index < -0.39 is 0 Å². The minimum Gasteiger partial charge on any atom is -0.309 e. The van der Waals surface area contributed by atoms with Crippen molar-refractivity contribution in [1.29, 1.82) is 0 Å². The van der Waals surface area contributed by atoms with Gasteiger partial charge in [-0.2, -0.15) is 0 Å². The predicted molar refractivity (Wildman–Crippen MR) is 80.3 cm³/mol. The number of nitrogens with one attached hydrogen (secondary N) is 1. The topological polar surface area (TPSA) is 12.0 Å². The first kappa shape index (κ1) is 14.8. The summed E-state index contributed by atoms with van der Waals surface area (Å²) in [5.74, 6) is 6.58. The molecular weight excluding hydrogens is 294 g/mol. The summed E-state index contributed by atoms with van der Waals surface area (Å²) < 4.78 is 1.18. The Morgan fingerprint density at radius 1 is 1.47 bits per heavy atom. The minimum absolute atomic E-state index is 0.0893. The first-order valence-electron chi connectivity index (χ1n) is 5.89. The molecule has 0 aliphatic heterocycles. The van der Waals surface area contributed by atoms with Gasteiger partial charge in [-0.25, -0.2) is 0 Å². The Morgan fingerprint density at radius 3 is 2.65 bits per heavy atom. The molecule has 1 rings (SSSR count). The zero-order valence-electron chi connectivity index (χ0n) is 10.9. The van der Waals surface area contributed by atoms with Gasteiger partial charge in [-0.3, -0.25) is 0 Å². The highest BCUT2D eigenvalue weighted by Gasteiger charge is 2.11. The Labute approximate surface area is 117 Å². The zero-order chi connectivity index (χ0) is 12.9. The molecule has 1 aromatic heterocycles. The number of hydrogen-bond donors (Lipinski definition) is 1. The molecule has 1 atom stereocenters. The summed E-state index contributed by atoms with van der Waals surface area (Å²) in [7, 11) is 0. The molecular formula is C14H20BrNS. The lowest BCUT2D eigenvalue weighted by Crippen LogP contribution is -2.20. The summed E-state index contributed by atoms with van der Waals surface area (Å²) >= 11 is 5.23.